The molecule has 0 saturated carbocycles. The third kappa shape index (κ3) is 4.79. The summed E-state index contributed by atoms with van der Waals surface area (Å²) < 4.78 is 42.7. The number of benzene rings is 3. The molecule has 0 aliphatic rings. The van der Waals surface area contributed by atoms with Crippen molar-refractivity contribution in [3.63, 3.8) is 0 Å². The van der Waals surface area contributed by atoms with Crippen molar-refractivity contribution in [3.05, 3.63) is 78.1 Å². The molecule has 0 bridgehead atoms. The number of anilines is 1. The largest absolute Gasteiger partial charge is 0.497 e. The van der Waals surface area contributed by atoms with E-state index in [9.17, 15) is 13.7 Å². The zero-order chi connectivity index (χ0) is 23.4. The molecule has 1 aromatic heterocycles. The highest BCUT2D eigenvalue weighted by atomic mass is 32.2. The van der Waals surface area contributed by atoms with E-state index in [1.807, 2.05) is 49.4 Å². The summed E-state index contributed by atoms with van der Waals surface area (Å²) in [7, 11) is -2.32. The number of aromatic nitrogens is 2. The van der Waals surface area contributed by atoms with Gasteiger partial charge in [0, 0.05) is 17.1 Å². The number of nitriles is 1. The Hall–Kier alpha value is -3.94. The standard InChI is InChI=1S/C23H18N4O4S2/c1-15-11-17(30-2)7-9-19(15)20-5-3-4-6-22(20)31-21-10-8-18(12-16(21)13-24)33(28,29)27-23-25-14-26-32-23/h3-12,14H,1-2H3,(H,25,26,27). The molecule has 0 atom stereocenters. The van der Waals surface area contributed by atoms with Crippen LogP contribution in [-0.2, 0) is 10.0 Å². The van der Waals surface area contributed by atoms with Gasteiger partial charge in [-0.3, -0.25) is 4.72 Å². The number of ether oxygens (including phenoxy) is 2. The van der Waals surface area contributed by atoms with E-state index in [-0.39, 0.29) is 21.3 Å². The highest BCUT2D eigenvalue weighted by molar-refractivity contribution is 7.93. The zero-order valence-electron chi connectivity index (χ0n) is 17.6. The Morgan fingerprint density at radius 1 is 1.03 bits per heavy atom. The highest BCUT2D eigenvalue weighted by Crippen LogP contribution is 2.37. The lowest BCUT2D eigenvalue weighted by Crippen LogP contribution is -2.13. The molecule has 1 heterocycles. The van der Waals surface area contributed by atoms with Crippen molar-refractivity contribution in [2.75, 3.05) is 11.8 Å². The lowest BCUT2D eigenvalue weighted by atomic mass is 9.99. The number of para-hydroxylation sites is 1. The van der Waals surface area contributed by atoms with Crippen molar-refractivity contribution in [3.8, 4) is 34.4 Å². The number of aryl methyl sites for hydroxylation is 1. The van der Waals surface area contributed by atoms with E-state index in [0.29, 0.717) is 5.75 Å². The van der Waals surface area contributed by atoms with Crippen LogP contribution in [0.5, 0.6) is 17.2 Å². The summed E-state index contributed by atoms with van der Waals surface area (Å²) in [6, 6.07) is 19.3. The van der Waals surface area contributed by atoms with Crippen LogP contribution in [0.4, 0.5) is 5.13 Å². The molecule has 0 unspecified atom stereocenters. The van der Waals surface area contributed by atoms with Crippen LogP contribution >= 0.6 is 11.5 Å². The number of nitrogens with zero attached hydrogens (tertiary/aromatic N) is 3. The van der Waals surface area contributed by atoms with Gasteiger partial charge in [0.15, 0.2) is 0 Å². The van der Waals surface area contributed by atoms with E-state index in [4.69, 9.17) is 9.47 Å². The summed E-state index contributed by atoms with van der Waals surface area (Å²) in [5.74, 6) is 1.52. The smallest absolute Gasteiger partial charge is 0.263 e. The molecular weight excluding hydrogens is 460 g/mol. The summed E-state index contributed by atoms with van der Waals surface area (Å²) in [6.45, 7) is 1.97. The first-order valence-electron chi connectivity index (χ1n) is 9.67. The summed E-state index contributed by atoms with van der Waals surface area (Å²) in [4.78, 5) is 3.74. The molecule has 8 nitrogen and oxygen atoms in total. The first-order valence-corrected chi connectivity index (χ1v) is 11.9. The van der Waals surface area contributed by atoms with E-state index in [2.05, 4.69) is 14.1 Å². The minimum atomic E-state index is -3.93. The van der Waals surface area contributed by atoms with Crippen LogP contribution in [0.3, 0.4) is 0 Å². The van der Waals surface area contributed by atoms with Gasteiger partial charge in [0.2, 0.25) is 5.13 Å². The Kier molecular flexibility index (Phi) is 6.26. The second kappa shape index (κ2) is 9.28. The molecule has 1 N–H and O–H groups in total. The molecule has 0 aliphatic carbocycles. The third-order valence-corrected chi connectivity index (χ3v) is 6.84. The predicted molar refractivity (Wildman–Crippen MR) is 125 cm³/mol. The number of hydrogen-bond acceptors (Lipinski definition) is 8. The summed E-state index contributed by atoms with van der Waals surface area (Å²) in [6.07, 6.45) is 1.25. The Bertz CT molecular complexity index is 1450. The number of sulfonamides is 1. The molecule has 3 aromatic carbocycles. The number of hydrogen-bond donors (Lipinski definition) is 1. The van der Waals surface area contributed by atoms with E-state index < -0.39 is 10.0 Å². The fraction of sp³-hybridized carbons (Fsp3) is 0.0870. The van der Waals surface area contributed by atoms with Crippen molar-refractivity contribution in [1.29, 1.82) is 5.26 Å². The summed E-state index contributed by atoms with van der Waals surface area (Å²) >= 11 is 0.913. The van der Waals surface area contributed by atoms with Gasteiger partial charge in [-0.15, -0.1) is 0 Å². The topological polar surface area (TPSA) is 114 Å². The van der Waals surface area contributed by atoms with Crippen LogP contribution in [0, 0.1) is 18.3 Å². The molecule has 10 heteroatoms. The maximum absolute atomic E-state index is 12.6. The van der Waals surface area contributed by atoms with Crippen LogP contribution in [-0.4, -0.2) is 24.9 Å². The van der Waals surface area contributed by atoms with E-state index in [0.717, 1.165) is 34.0 Å². The molecule has 33 heavy (non-hydrogen) atoms. The van der Waals surface area contributed by atoms with Crippen molar-refractivity contribution in [1.82, 2.24) is 9.36 Å². The molecule has 4 aromatic rings. The molecule has 0 saturated heterocycles. The summed E-state index contributed by atoms with van der Waals surface area (Å²) in [5, 5.41) is 9.79. The lowest BCUT2D eigenvalue weighted by Gasteiger charge is -2.15. The Labute approximate surface area is 195 Å². The van der Waals surface area contributed by atoms with Crippen molar-refractivity contribution >= 4 is 26.7 Å². The van der Waals surface area contributed by atoms with Crippen LogP contribution in [0.2, 0.25) is 0 Å². The maximum atomic E-state index is 12.6. The molecular formula is C23H18N4O4S2. The predicted octanol–water partition coefficient (Wildman–Crippen LogP) is 4.99. The average Bonchev–Trinajstić information content (AvgIpc) is 3.32. The van der Waals surface area contributed by atoms with E-state index >= 15 is 0 Å². The quantitative estimate of drug-likeness (QED) is 0.398. The Morgan fingerprint density at radius 3 is 2.55 bits per heavy atom. The van der Waals surface area contributed by atoms with Gasteiger partial charge in [-0.05, 0) is 54.4 Å². The fourth-order valence-electron chi connectivity index (χ4n) is 3.21. The molecule has 0 spiro atoms. The van der Waals surface area contributed by atoms with E-state index in [1.54, 1.807) is 13.2 Å². The van der Waals surface area contributed by atoms with Gasteiger partial charge in [0.05, 0.1) is 17.6 Å². The molecule has 0 fully saturated rings. The molecule has 0 aliphatic heterocycles. The number of nitrogens with one attached hydrogen (secondary N) is 1. The second-order valence-electron chi connectivity index (χ2n) is 6.90. The summed E-state index contributed by atoms with van der Waals surface area (Å²) in [5.41, 5.74) is 2.85. The molecule has 166 valence electrons. The minimum Gasteiger partial charge on any atom is -0.497 e. The zero-order valence-corrected chi connectivity index (χ0v) is 19.3. The normalized spacial score (nSPS) is 10.9. The van der Waals surface area contributed by atoms with Gasteiger partial charge >= 0.3 is 0 Å². The van der Waals surface area contributed by atoms with Crippen LogP contribution in [0.15, 0.2) is 71.9 Å². The van der Waals surface area contributed by atoms with Crippen molar-refractivity contribution in [2.24, 2.45) is 0 Å². The van der Waals surface area contributed by atoms with Gasteiger partial charge in [-0.1, -0.05) is 24.3 Å². The van der Waals surface area contributed by atoms with E-state index in [1.165, 1.54) is 24.5 Å². The van der Waals surface area contributed by atoms with Crippen LogP contribution in [0.25, 0.3) is 11.1 Å². The maximum Gasteiger partial charge on any atom is 0.263 e. The Balaban J connectivity index is 1.68. The molecule has 0 amide bonds. The van der Waals surface area contributed by atoms with Crippen LogP contribution in [0.1, 0.15) is 11.1 Å². The highest BCUT2D eigenvalue weighted by Gasteiger charge is 2.19. The van der Waals surface area contributed by atoms with Gasteiger partial charge < -0.3 is 9.47 Å². The van der Waals surface area contributed by atoms with Crippen molar-refractivity contribution < 1.29 is 17.9 Å². The Morgan fingerprint density at radius 2 is 1.85 bits per heavy atom. The fourth-order valence-corrected chi connectivity index (χ4v) is 4.89. The number of rotatable bonds is 7. The molecule has 0 radical (unpaired) electrons. The van der Waals surface area contributed by atoms with Gasteiger partial charge in [0.25, 0.3) is 10.0 Å². The van der Waals surface area contributed by atoms with Crippen molar-refractivity contribution in [2.45, 2.75) is 11.8 Å². The minimum absolute atomic E-state index is 0.0800. The SMILES string of the molecule is COc1ccc(-c2ccccc2Oc2ccc(S(=O)(=O)Nc3ncns3)cc2C#N)c(C)c1. The first kappa shape index (κ1) is 22.3. The lowest BCUT2D eigenvalue weighted by molar-refractivity contribution is 0.414. The second-order valence-corrected chi connectivity index (χ2v) is 9.36. The number of methoxy groups -OCH3 is 1. The monoisotopic (exact) mass is 478 g/mol. The van der Waals surface area contributed by atoms with Gasteiger partial charge in [-0.2, -0.15) is 9.64 Å². The third-order valence-electron chi connectivity index (χ3n) is 4.80. The van der Waals surface area contributed by atoms with Gasteiger partial charge in [-0.25, -0.2) is 13.4 Å². The molecule has 4 rings (SSSR count). The first-order chi connectivity index (χ1) is 15.9. The average molecular weight is 479 g/mol. The van der Waals surface area contributed by atoms with Crippen LogP contribution < -0.4 is 14.2 Å². The van der Waals surface area contributed by atoms with Gasteiger partial charge in [0.1, 0.15) is 29.6 Å².